The Morgan fingerprint density at radius 1 is 1.08 bits per heavy atom. The second-order valence-electron chi connectivity index (χ2n) is 5.68. The Morgan fingerprint density at radius 3 is 2.56 bits per heavy atom. The number of benzene rings is 2. The van der Waals surface area contributed by atoms with Crippen LogP contribution in [0.5, 0.6) is 0 Å². The lowest BCUT2D eigenvalue weighted by Gasteiger charge is -2.21. The lowest BCUT2D eigenvalue weighted by Crippen LogP contribution is -2.42. The maximum atomic E-state index is 12.3. The summed E-state index contributed by atoms with van der Waals surface area (Å²) in [6, 6.07) is 12.1. The summed E-state index contributed by atoms with van der Waals surface area (Å²) in [5.74, 6) is -0.937. The molecule has 128 valence electrons. The molecule has 3 rings (SSSR count). The summed E-state index contributed by atoms with van der Waals surface area (Å²) in [6.07, 6.45) is 0. The molecule has 25 heavy (non-hydrogen) atoms. The number of nitrogens with one attached hydrogen (secondary N) is 3. The number of carbonyl (C=O) groups excluding carboxylic acids is 3. The van der Waals surface area contributed by atoms with Gasteiger partial charge in [0.2, 0.25) is 5.91 Å². The highest BCUT2D eigenvalue weighted by molar-refractivity contribution is 8.00. The molecule has 2 aromatic rings. The van der Waals surface area contributed by atoms with Crippen molar-refractivity contribution in [3.8, 4) is 0 Å². The van der Waals surface area contributed by atoms with Crippen molar-refractivity contribution < 1.29 is 14.4 Å². The zero-order valence-corrected chi connectivity index (χ0v) is 14.6. The quantitative estimate of drug-likeness (QED) is 0.723. The molecule has 6 nitrogen and oxygen atoms in total. The fraction of sp³-hybridized carbons (Fsp3) is 0.167. The van der Waals surface area contributed by atoms with E-state index in [1.54, 1.807) is 30.3 Å². The van der Waals surface area contributed by atoms with E-state index in [1.165, 1.54) is 11.8 Å². The summed E-state index contributed by atoms with van der Waals surface area (Å²) in [5.41, 5.74) is 7.05. The van der Waals surface area contributed by atoms with Gasteiger partial charge in [0.25, 0.3) is 11.8 Å². The van der Waals surface area contributed by atoms with Gasteiger partial charge >= 0.3 is 0 Å². The van der Waals surface area contributed by atoms with Gasteiger partial charge in [0.05, 0.1) is 10.9 Å². The highest BCUT2D eigenvalue weighted by Gasteiger charge is 2.23. The van der Waals surface area contributed by atoms with Gasteiger partial charge in [0.15, 0.2) is 0 Å². The lowest BCUT2D eigenvalue weighted by atomic mass is 10.1. The van der Waals surface area contributed by atoms with Crippen LogP contribution in [0.3, 0.4) is 0 Å². The zero-order valence-electron chi connectivity index (χ0n) is 13.8. The summed E-state index contributed by atoms with van der Waals surface area (Å²) < 4.78 is 0. The van der Waals surface area contributed by atoms with Gasteiger partial charge in [-0.3, -0.25) is 25.2 Å². The monoisotopic (exact) mass is 355 g/mol. The van der Waals surface area contributed by atoms with Gasteiger partial charge in [0.1, 0.15) is 0 Å². The largest absolute Gasteiger partial charge is 0.324 e. The number of rotatable bonds is 2. The molecule has 0 spiro atoms. The first kappa shape index (κ1) is 17.0. The van der Waals surface area contributed by atoms with E-state index < -0.39 is 5.91 Å². The first-order valence-corrected chi connectivity index (χ1v) is 8.61. The SMILES string of the molecule is Cc1ccccc1C(=O)NNC(=O)c1ccc2c(c1)NC(=O)[C@@H](C)S2. The Bertz CT molecular complexity index is 866. The van der Waals surface area contributed by atoms with Crippen LogP contribution in [-0.4, -0.2) is 23.0 Å². The van der Waals surface area contributed by atoms with E-state index in [2.05, 4.69) is 16.2 Å². The van der Waals surface area contributed by atoms with Crippen LogP contribution >= 0.6 is 11.8 Å². The number of amides is 3. The van der Waals surface area contributed by atoms with Crippen molar-refractivity contribution in [3.05, 3.63) is 59.2 Å². The van der Waals surface area contributed by atoms with Crippen LogP contribution < -0.4 is 16.2 Å². The molecule has 1 heterocycles. The third kappa shape index (κ3) is 3.66. The van der Waals surface area contributed by atoms with E-state index in [0.717, 1.165) is 10.5 Å². The molecule has 0 fully saturated rings. The van der Waals surface area contributed by atoms with Gasteiger partial charge in [-0.2, -0.15) is 0 Å². The average Bonchev–Trinajstić information content (AvgIpc) is 2.60. The minimum absolute atomic E-state index is 0.0945. The van der Waals surface area contributed by atoms with Crippen LogP contribution in [0.15, 0.2) is 47.4 Å². The van der Waals surface area contributed by atoms with Crippen molar-refractivity contribution in [3.63, 3.8) is 0 Å². The third-order valence-corrected chi connectivity index (χ3v) is 5.03. The summed E-state index contributed by atoms with van der Waals surface area (Å²) in [4.78, 5) is 37.0. The van der Waals surface area contributed by atoms with Crippen LogP contribution in [0.1, 0.15) is 33.2 Å². The van der Waals surface area contributed by atoms with Crippen LogP contribution in [-0.2, 0) is 4.79 Å². The van der Waals surface area contributed by atoms with Gasteiger partial charge in [-0.1, -0.05) is 18.2 Å². The number of hydrogen-bond donors (Lipinski definition) is 3. The molecular weight excluding hydrogens is 338 g/mol. The first-order chi connectivity index (χ1) is 12.0. The second-order valence-corrected chi connectivity index (χ2v) is 7.07. The molecule has 3 amide bonds. The van der Waals surface area contributed by atoms with Crippen LogP contribution in [0.2, 0.25) is 0 Å². The molecule has 0 radical (unpaired) electrons. The van der Waals surface area contributed by atoms with Crippen molar-refractivity contribution in [1.82, 2.24) is 10.9 Å². The van der Waals surface area contributed by atoms with Gasteiger partial charge < -0.3 is 5.32 Å². The zero-order chi connectivity index (χ0) is 18.0. The van der Waals surface area contributed by atoms with Crippen molar-refractivity contribution in [2.24, 2.45) is 0 Å². The fourth-order valence-electron chi connectivity index (χ4n) is 2.43. The van der Waals surface area contributed by atoms with Crippen molar-refractivity contribution >= 4 is 35.2 Å². The molecule has 2 aromatic carbocycles. The molecule has 1 atom stereocenters. The number of carbonyl (C=O) groups is 3. The van der Waals surface area contributed by atoms with Crippen molar-refractivity contribution in [2.75, 3.05) is 5.32 Å². The molecule has 7 heteroatoms. The van der Waals surface area contributed by atoms with Gasteiger partial charge in [-0.25, -0.2) is 0 Å². The minimum Gasteiger partial charge on any atom is -0.324 e. The predicted octanol–water partition coefficient (Wildman–Crippen LogP) is 2.50. The second kappa shape index (κ2) is 6.98. The normalized spacial score (nSPS) is 15.8. The number of aryl methyl sites for hydroxylation is 1. The molecule has 0 aromatic heterocycles. The number of thioether (sulfide) groups is 1. The van der Waals surface area contributed by atoms with Crippen LogP contribution in [0.4, 0.5) is 5.69 Å². The van der Waals surface area contributed by atoms with Crippen LogP contribution in [0, 0.1) is 6.92 Å². The minimum atomic E-state index is -0.456. The Morgan fingerprint density at radius 2 is 1.80 bits per heavy atom. The van der Waals surface area contributed by atoms with Gasteiger partial charge in [0, 0.05) is 16.0 Å². The molecule has 0 bridgehead atoms. The topological polar surface area (TPSA) is 87.3 Å². The maximum Gasteiger partial charge on any atom is 0.269 e. The summed E-state index contributed by atoms with van der Waals surface area (Å²) in [7, 11) is 0. The van der Waals surface area contributed by atoms with Gasteiger partial charge in [-0.15, -0.1) is 11.8 Å². The smallest absolute Gasteiger partial charge is 0.269 e. The molecule has 1 aliphatic rings. The molecule has 3 N–H and O–H groups in total. The Balaban J connectivity index is 1.68. The van der Waals surface area contributed by atoms with E-state index in [-0.39, 0.29) is 17.1 Å². The number of hydrogen-bond acceptors (Lipinski definition) is 4. The first-order valence-electron chi connectivity index (χ1n) is 7.73. The Labute approximate surface area is 149 Å². The molecule has 1 aliphatic heterocycles. The Kier molecular flexibility index (Phi) is 4.76. The average molecular weight is 355 g/mol. The van der Waals surface area contributed by atoms with Crippen molar-refractivity contribution in [1.29, 1.82) is 0 Å². The standard InChI is InChI=1S/C18H17N3O3S/c1-10-5-3-4-6-13(10)18(24)21-20-17(23)12-7-8-15-14(9-12)19-16(22)11(2)25-15/h3-9,11H,1-2H3,(H,19,22)(H,20,23)(H,21,24)/t11-/m1/s1. The molecule has 0 aliphatic carbocycles. The third-order valence-electron chi connectivity index (χ3n) is 3.85. The van der Waals surface area contributed by atoms with E-state index >= 15 is 0 Å². The summed E-state index contributed by atoms with van der Waals surface area (Å²) in [5, 5.41) is 2.61. The predicted molar refractivity (Wildman–Crippen MR) is 96.5 cm³/mol. The fourth-order valence-corrected chi connectivity index (χ4v) is 3.36. The van der Waals surface area contributed by atoms with Crippen molar-refractivity contribution in [2.45, 2.75) is 24.0 Å². The highest BCUT2D eigenvalue weighted by Crippen LogP contribution is 2.35. The number of hydrazine groups is 1. The molecule has 0 unspecified atom stereocenters. The Hall–Kier alpha value is -2.80. The number of anilines is 1. The number of fused-ring (bicyclic) bond motifs is 1. The summed E-state index contributed by atoms with van der Waals surface area (Å²) in [6.45, 7) is 3.65. The van der Waals surface area contributed by atoms with Crippen LogP contribution in [0.25, 0.3) is 0 Å². The van der Waals surface area contributed by atoms with E-state index in [1.807, 2.05) is 26.0 Å². The molecule has 0 saturated carbocycles. The molecule has 0 saturated heterocycles. The maximum absolute atomic E-state index is 12.3. The van der Waals surface area contributed by atoms with E-state index in [9.17, 15) is 14.4 Å². The van der Waals surface area contributed by atoms with E-state index in [0.29, 0.717) is 16.8 Å². The lowest BCUT2D eigenvalue weighted by molar-refractivity contribution is -0.115. The highest BCUT2D eigenvalue weighted by atomic mass is 32.2. The van der Waals surface area contributed by atoms with E-state index in [4.69, 9.17) is 0 Å². The van der Waals surface area contributed by atoms with Gasteiger partial charge in [-0.05, 0) is 43.7 Å². The summed E-state index contributed by atoms with van der Waals surface area (Å²) >= 11 is 1.44. The molecular formula is C18H17N3O3S.